The molecule has 2 heterocycles. The average molecular weight is 358 g/mol. The molecule has 0 fully saturated rings. The van der Waals surface area contributed by atoms with Crippen LogP contribution < -0.4 is 10.0 Å². The van der Waals surface area contributed by atoms with Gasteiger partial charge in [-0.2, -0.15) is 0 Å². The molecule has 1 aromatic carbocycles. The molecule has 8 heteroatoms. The SMILES string of the molecule is CNS(=O)(=O)c1cc(NC(=O)Cc2cn3ccccc3n2)ccc1C. The second-order valence-electron chi connectivity index (χ2n) is 5.61. The highest BCUT2D eigenvalue weighted by Crippen LogP contribution is 2.20. The number of pyridine rings is 1. The fraction of sp³-hybridized carbons (Fsp3) is 0.176. The van der Waals surface area contributed by atoms with Gasteiger partial charge in [0.05, 0.1) is 17.0 Å². The molecule has 0 aliphatic rings. The summed E-state index contributed by atoms with van der Waals surface area (Å²) in [7, 11) is -2.23. The van der Waals surface area contributed by atoms with E-state index in [1.165, 1.54) is 13.1 Å². The third kappa shape index (κ3) is 3.70. The summed E-state index contributed by atoms with van der Waals surface area (Å²) in [5, 5.41) is 2.72. The molecule has 0 bridgehead atoms. The van der Waals surface area contributed by atoms with Crippen molar-refractivity contribution in [1.29, 1.82) is 0 Å². The molecule has 0 aliphatic carbocycles. The van der Waals surface area contributed by atoms with Crippen molar-refractivity contribution < 1.29 is 13.2 Å². The van der Waals surface area contributed by atoms with Gasteiger partial charge >= 0.3 is 0 Å². The molecule has 3 aromatic rings. The third-order valence-electron chi connectivity index (χ3n) is 3.79. The summed E-state index contributed by atoms with van der Waals surface area (Å²) >= 11 is 0. The zero-order valence-electron chi connectivity index (χ0n) is 13.9. The summed E-state index contributed by atoms with van der Waals surface area (Å²) in [6.07, 6.45) is 3.75. The number of carbonyl (C=O) groups is 1. The molecule has 0 atom stereocenters. The summed E-state index contributed by atoms with van der Waals surface area (Å²) in [5.41, 5.74) is 2.43. The van der Waals surface area contributed by atoms with E-state index in [-0.39, 0.29) is 17.2 Å². The van der Waals surface area contributed by atoms with Crippen molar-refractivity contribution in [2.45, 2.75) is 18.2 Å². The van der Waals surface area contributed by atoms with Gasteiger partial charge in [-0.15, -0.1) is 0 Å². The average Bonchev–Trinajstić information content (AvgIpc) is 2.98. The number of hydrogen-bond donors (Lipinski definition) is 2. The lowest BCUT2D eigenvalue weighted by Gasteiger charge is -2.10. The van der Waals surface area contributed by atoms with Crippen LogP contribution in [0.3, 0.4) is 0 Å². The predicted molar refractivity (Wildman–Crippen MR) is 95.0 cm³/mol. The van der Waals surface area contributed by atoms with E-state index in [9.17, 15) is 13.2 Å². The van der Waals surface area contributed by atoms with Crippen molar-refractivity contribution in [2.24, 2.45) is 0 Å². The maximum atomic E-state index is 12.2. The van der Waals surface area contributed by atoms with E-state index < -0.39 is 10.0 Å². The molecule has 0 radical (unpaired) electrons. The Bertz CT molecular complexity index is 1010. The number of aryl methyl sites for hydroxylation is 1. The van der Waals surface area contributed by atoms with E-state index in [4.69, 9.17) is 0 Å². The van der Waals surface area contributed by atoms with Crippen LogP contribution in [0.2, 0.25) is 0 Å². The Labute approximate surface area is 145 Å². The van der Waals surface area contributed by atoms with E-state index in [1.54, 1.807) is 25.3 Å². The molecule has 130 valence electrons. The van der Waals surface area contributed by atoms with E-state index in [0.29, 0.717) is 16.9 Å². The Morgan fingerprint density at radius 2 is 2.04 bits per heavy atom. The molecule has 0 saturated carbocycles. The number of nitrogens with one attached hydrogen (secondary N) is 2. The zero-order chi connectivity index (χ0) is 18.0. The van der Waals surface area contributed by atoms with Gasteiger partial charge < -0.3 is 9.72 Å². The normalized spacial score (nSPS) is 11.6. The minimum absolute atomic E-state index is 0.101. The van der Waals surface area contributed by atoms with Crippen LogP contribution in [0.15, 0.2) is 53.7 Å². The van der Waals surface area contributed by atoms with Gasteiger partial charge in [0, 0.05) is 18.1 Å². The highest BCUT2D eigenvalue weighted by atomic mass is 32.2. The monoisotopic (exact) mass is 358 g/mol. The minimum atomic E-state index is -3.58. The molecular formula is C17H18N4O3S. The molecule has 2 N–H and O–H groups in total. The molecule has 0 saturated heterocycles. The van der Waals surface area contributed by atoms with Gasteiger partial charge in [0.2, 0.25) is 15.9 Å². The highest BCUT2D eigenvalue weighted by molar-refractivity contribution is 7.89. The Kier molecular flexibility index (Phi) is 4.56. The fourth-order valence-electron chi connectivity index (χ4n) is 2.52. The smallest absolute Gasteiger partial charge is 0.240 e. The quantitative estimate of drug-likeness (QED) is 0.726. The number of hydrogen-bond acceptors (Lipinski definition) is 4. The van der Waals surface area contributed by atoms with Crippen LogP contribution >= 0.6 is 0 Å². The molecule has 0 aliphatic heterocycles. The summed E-state index contributed by atoms with van der Waals surface area (Å²) in [6.45, 7) is 1.70. The van der Waals surface area contributed by atoms with E-state index in [2.05, 4.69) is 15.0 Å². The summed E-state index contributed by atoms with van der Waals surface area (Å²) in [4.78, 5) is 16.8. The number of carbonyl (C=O) groups excluding carboxylic acids is 1. The van der Waals surface area contributed by atoms with Crippen molar-refractivity contribution in [3.63, 3.8) is 0 Å². The van der Waals surface area contributed by atoms with Gasteiger partial charge in [0.15, 0.2) is 0 Å². The van der Waals surface area contributed by atoms with Crippen molar-refractivity contribution >= 4 is 27.3 Å². The van der Waals surface area contributed by atoms with Gasteiger partial charge in [-0.25, -0.2) is 18.1 Å². The van der Waals surface area contributed by atoms with E-state index in [1.807, 2.05) is 28.8 Å². The first-order chi connectivity index (χ1) is 11.9. The molecule has 7 nitrogen and oxygen atoms in total. The molecule has 0 spiro atoms. The van der Waals surface area contributed by atoms with Crippen LogP contribution in [-0.4, -0.2) is 30.8 Å². The summed E-state index contributed by atoms with van der Waals surface area (Å²) < 4.78 is 28.1. The van der Waals surface area contributed by atoms with Gasteiger partial charge in [0.1, 0.15) is 5.65 Å². The fourth-order valence-corrected chi connectivity index (χ4v) is 3.51. The lowest BCUT2D eigenvalue weighted by molar-refractivity contribution is -0.115. The third-order valence-corrected chi connectivity index (χ3v) is 5.34. The van der Waals surface area contributed by atoms with Gasteiger partial charge in [-0.3, -0.25) is 4.79 Å². The Morgan fingerprint density at radius 1 is 1.24 bits per heavy atom. The van der Waals surface area contributed by atoms with Crippen LogP contribution in [0.4, 0.5) is 5.69 Å². The van der Waals surface area contributed by atoms with Crippen LogP contribution in [-0.2, 0) is 21.2 Å². The second-order valence-corrected chi connectivity index (χ2v) is 7.47. The molecule has 25 heavy (non-hydrogen) atoms. The van der Waals surface area contributed by atoms with Crippen molar-refractivity contribution in [1.82, 2.24) is 14.1 Å². The molecule has 3 rings (SSSR count). The van der Waals surface area contributed by atoms with Crippen molar-refractivity contribution in [2.75, 3.05) is 12.4 Å². The Morgan fingerprint density at radius 3 is 2.76 bits per heavy atom. The van der Waals surface area contributed by atoms with Crippen LogP contribution in [0.5, 0.6) is 0 Å². The molecule has 2 aromatic heterocycles. The van der Waals surface area contributed by atoms with Crippen molar-refractivity contribution in [3.05, 3.63) is 60.0 Å². The topological polar surface area (TPSA) is 92.6 Å². The standard InChI is InChI=1S/C17H18N4O3S/c1-12-6-7-13(9-15(12)25(23,24)18-2)20-17(22)10-14-11-21-8-4-3-5-16(21)19-14/h3-9,11,18H,10H2,1-2H3,(H,20,22). The molecule has 0 unspecified atom stereocenters. The van der Waals surface area contributed by atoms with Crippen molar-refractivity contribution in [3.8, 4) is 0 Å². The Balaban J connectivity index is 1.78. The maximum Gasteiger partial charge on any atom is 0.240 e. The van der Waals surface area contributed by atoms with E-state index in [0.717, 1.165) is 5.65 Å². The number of anilines is 1. The Hall–Kier alpha value is -2.71. The number of benzene rings is 1. The van der Waals surface area contributed by atoms with Crippen LogP contribution in [0, 0.1) is 6.92 Å². The number of nitrogens with zero attached hydrogens (tertiary/aromatic N) is 2. The first-order valence-corrected chi connectivity index (χ1v) is 9.14. The van der Waals surface area contributed by atoms with Crippen LogP contribution in [0.25, 0.3) is 5.65 Å². The molecule has 1 amide bonds. The number of imidazole rings is 1. The predicted octanol–water partition coefficient (Wildman–Crippen LogP) is 1.73. The van der Waals surface area contributed by atoms with E-state index >= 15 is 0 Å². The lowest BCUT2D eigenvalue weighted by atomic mass is 10.2. The zero-order valence-corrected chi connectivity index (χ0v) is 14.7. The van der Waals surface area contributed by atoms with Crippen LogP contribution in [0.1, 0.15) is 11.3 Å². The maximum absolute atomic E-state index is 12.2. The number of fused-ring (bicyclic) bond motifs is 1. The van der Waals surface area contributed by atoms with Gasteiger partial charge in [-0.1, -0.05) is 12.1 Å². The second kappa shape index (κ2) is 6.66. The van der Waals surface area contributed by atoms with Gasteiger partial charge in [0.25, 0.3) is 0 Å². The van der Waals surface area contributed by atoms with Gasteiger partial charge in [-0.05, 0) is 43.8 Å². The first-order valence-electron chi connectivity index (χ1n) is 7.66. The number of amides is 1. The highest BCUT2D eigenvalue weighted by Gasteiger charge is 2.16. The number of sulfonamides is 1. The summed E-state index contributed by atoms with van der Waals surface area (Å²) in [5.74, 6) is -0.264. The first kappa shape index (κ1) is 17.1. The summed E-state index contributed by atoms with van der Waals surface area (Å²) in [6, 6.07) is 10.4. The lowest BCUT2D eigenvalue weighted by Crippen LogP contribution is -2.20. The minimum Gasteiger partial charge on any atom is -0.326 e. The largest absolute Gasteiger partial charge is 0.326 e. The molecular weight excluding hydrogens is 340 g/mol. The number of rotatable bonds is 5. The number of aromatic nitrogens is 2.